The number of hydrogen-bond donors (Lipinski definition) is 0. The first-order valence-corrected chi connectivity index (χ1v) is 20.9. The second-order valence-electron chi connectivity index (χ2n) is 13.0. The largest absolute Gasteiger partial charge is 0.204 e. The van der Waals surface area contributed by atoms with Crippen molar-refractivity contribution in [1.82, 2.24) is 0 Å². The highest BCUT2D eigenvalue weighted by Crippen LogP contribution is 2.34. The van der Waals surface area contributed by atoms with E-state index in [2.05, 4.69) is 115 Å². The molecule has 0 atom stereocenters. The van der Waals surface area contributed by atoms with Crippen LogP contribution in [0.2, 0.25) is 0 Å². The number of hydrogen-bond acceptors (Lipinski definition) is 1. The van der Waals surface area contributed by atoms with Gasteiger partial charge >= 0.3 is 0 Å². The molecule has 70 heavy (non-hydrogen) atoms. The van der Waals surface area contributed by atoms with E-state index >= 15 is 0 Å². The average Bonchev–Trinajstić information content (AvgIpc) is 3.36. The molecule has 0 aliphatic carbocycles. The standard InChI is InChI=1S/C24H19PS.4C6HF5/c1-4-10-20(11-5-1)25(21-12-6-2-7-13-21)22-16-18-24(19-17-22)26-23-14-8-3-9-15-23;4*7-2-1-3(8)5(10)6(11)4(2)9/h1-19H;4*1H. The van der Waals surface area contributed by atoms with E-state index in [1.807, 2.05) is 0 Å². The topological polar surface area (TPSA) is 0 Å². The zero-order valence-corrected chi connectivity index (χ0v) is 35.9. The Balaban J connectivity index is 0.000000205. The summed E-state index contributed by atoms with van der Waals surface area (Å²) in [6, 6.07) is 41.0. The summed E-state index contributed by atoms with van der Waals surface area (Å²) in [6.07, 6.45) is 0. The van der Waals surface area contributed by atoms with Gasteiger partial charge in [0.05, 0.1) is 0 Å². The van der Waals surface area contributed by atoms with Crippen molar-refractivity contribution < 1.29 is 87.8 Å². The molecule has 0 bridgehead atoms. The summed E-state index contributed by atoms with van der Waals surface area (Å²) >= 11 is 1.81. The van der Waals surface area contributed by atoms with Crippen molar-refractivity contribution in [2.75, 3.05) is 0 Å². The van der Waals surface area contributed by atoms with Gasteiger partial charge in [-0.3, -0.25) is 0 Å². The third kappa shape index (κ3) is 14.6. The molecule has 366 valence electrons. The van der Waals surface area contributed by atoms with Crippen molar-refractivity contribution in [3.63, 3.8) is 0 Å². The van der Waals surface area contributed by atoms with Crippen LogP contribution < -0.4 is 15.9 Å². The lowest BCUT2D eigenvalue weighted by molar-refractivity contribution is 0.378. The van der Waals surface area contributed by atoms with Gasteiger partial charge in [0.25, 0.3) is 0 Å². The van der Waals surface area contributed by atoms with Crippen LogP contribution in [0.25, 0.3) is 0 Å². The Labute approximate surface area is 388 Å². The van der Waals surface area contributed by atoms with Crippen molar-refractivity contribution in [2.45, 2.75) is 9.79 Å². The maximum absolute atomic E-state index is 12.0. The van der Waals surface area contributed by atoms with E-state index in [0.29, 0.717) is 0 Å². The van der Waals surface area contributed by atoms with E-state index < -0.39 is 124 Å². The minimum absolute atomic E-state index is 0.0618. The summed E-state index contributed by atoms with van der Waals surface area (Å²) in [6.45, 7) is 0. The minimum atomic E-state index is -2.14. The number of rotatable bonds is 5. The molecule has 0 saturated carbocycles. The van der Waals surface area contributed by atoms with Crippen LogP contribution in [0.15, 0.2) is 149 Å². The predicted molar refractivity (Wildman–Crippen MR) is 221 cm³/mol. The molecule has 8 aromatic carbocycles. The average molecular weight is 1040 g/mol. The van der Waals surface area contributed by atoms with E-state index in [0.717, 1.165) is 0 Å². The van der Waals surface area contributed by atoms with Gasteiger partial charge in [0.2, 0.25) is 23.3 Å². The molecule has 0 nitrogen and oxygen atoms in total. The number of halogens is 20. The summed E-state index contributed by atoms with van der Waals surface area (Å²) in [5, 5.41) is 4.16. The van der Waals surface area contributed by atoms with E-state index in [1.165, 1.54) is 25.7 Å². The fourth-order valence-electron chi connectivity index (χ4n) is 5.07. The molecular weight excluding hydrogens is 1020 g/mol. The van der Waals surface area contributed by atoms with Crippen LogP contribution in [-0.4, -0.2) is 0 Å². The lowest BCUT2D eigenvalue weighted by atomic mass is 10.3. The summed E-state index contributed by atoms with van der Waals surface area (Å²) in [7, 11) is -0.527. The highest BCUT2D eigenvalue weighted by Gasteiger charge is 2.22. The van der Waals surface area contributed by atoms with Gasteiger partial charge in [0.15, 0.2) is 93.1 Å². The first-order chi connectivity index (χ1) is 33.0. The molecule has 0 unspecified atom stereocenters. The van der Waals surface area contributed by atoms with Crippen LogP contribution in [0.5, 0.6) is 0 Å². The zero-order valence-electron chi connectivity index (χ0n) is 34.2. The molecule has 0 amide bonds. The summed E-state index contributed by atoms with van der Waals surface area (Å²) in [4.78, 5) is 2.55. The Kier molecular flexibility index (Phi) is 20.4. The lowest BCUT2D eigenvalue weighted by Crippen LogP contribution is -2.20. The van der Waals surface area contributed by atoms with Gasteiger partial charge in [-0.05, 0) is 48.1 Å². The molecule has 8 rings (SSSR count). The van der Waals surface area contributed by atoms with Crippen LogP contribution in [-0.2, 0) is 0 Å². The van der Waals surface area contributed by atoms with Crippen molar-refractivity contribution in [2.24, 2.45) is 0 Å². The molecule has 0 N–H and O–H groups in total. The Hall–Kier alpha value is -6.86. The third-order valence-corrected chi connectivity index (χ3v) is 11.8. The van der Waals surface area contributed by atoms with Crippen LogP contribution in [0.4, 0.5) is 87.8 Å². The maximum Gasteiger partial charge on any atom is 0.200 e. The molecule has 8 aromatic rings. The fraction of sp³-hybridized carbons (Fsp3) is 0. The quantitative estimate of drug-likeness (QED) is 0.0716. The Bertz CT molecular complexity index is 2630. The summed E-state index contributed by atoms with van der Waals surface area (Å²) < 4.78 is 240. The van der Waals surface area contributed by atoms with Gasteiger partial charge in [-0.1, -0.05) is 103 Å². The van der Waals surface area contributed by atoms with Crippen LogP contribution >= 0.6 is 19.7 Å². The third-order valence-electron chi connectivity index (χ3n) is 8.34. The molecule has 0 fully saturated rings. The fourth-order valence-corrected chi connectivity index (χ4v) is 8.19. The Morgan fingerprint density at radius 1 is 0.214 bits per heavy atom. The van der Waals surface area contributed by atoms with Crippen LogP contribution in [0.1, 0.15) is 0 Å². The molecule has 0 spiro atoms. The molecule has 0 aromatic heterocycles. The zero-order chi connectivity index (χ0) is 52.0. The minimum Gasteiger partial charge on any atom is -0.204 e. The molecule has 22 heteroatoms. The molecule has 0 radical (unpaired) electrons. The van der Waals surface area contributed by atoms with Crippen molar-refractivity contribution in [3.05, 3.63) is 256 Å². The highest BCUT2D eigenvalue weighted by atomic mass is 32.2. The van der Waals surface area contributed by atoms with Crippen molar-refractivity contribution in [3.8, 4) is 0 Å². The van der Waals surface area contributed by atoms with Gasteiger partial charge < -0.3 is 0 Å². The smallest absolute Gasteiger partial charge is 0.200 e. The lowest BCUT2D eigenvalue weighted by Gasteiger charge is -2.19. The Morgan fingerprint density at radius 3 is 0.657 bits per heavy atom. The molecule has 0 saturated heterocycles. The first-order valence-electron chi connectivity index (χ1n) is 18.7. The van der Waals surface area contributed by atoms with E-state index in [9.17, 15) is 87.8 Å². The molecule has 0 aliphatic heterocycles. The Morgan fingerprint density at radius 2 is 0.414 bits per heavy atom. The van der Waals surface area contributed by atoms with Crippen molar-refractivity contribution >= 4 is 35.6 Å². The number of benzene rings is 8. The van der Waals surface area contributed by atoms with E-state index in [4.69, 9.17) is 0 Å². The predicted octanol–water partition coefficient (Wildman–Crippen LogP) is 15.1. The van der Waals surface area contributed by atoms with Gasteiger partial charge in [-0.2, -0.15) is 0 Å². The summed E-state index contributed by atoms with van der Waals surface area (Å²) in [5.74, 6) is -38.6. The SMILES string of the molecule is Fc1cc(F)c(F)c(F)c1F.Fc1cc(F)c(F)c(F)c1F.Fc1cc(F)c(F)c(F)c1F.Fc1cc(F)c(F)c(F)c1F.c1ccc(Sc2ccc(P(c3ccccc3)c3ccccc3)cc2)cc1. The second kappa shape index (κ2) is 25.7. The first kappa shape index (κ1) is 55.7. The van der Waals surface area contributed by atoms with Gasteiger partial charge in [-0.25, -0.2) is 87.8 Å². The monoisotopic (exact) mass is 1040 g/mol. The maximum atomic E-state index is 12.0. The van der Waals surface area contributed by atoms with Crippen LogP contribution in [0, 0.1) is 116 Å². The molecular formula is C48H23F20PS. The van der Waals surface area contributed by atoms with E-state index in [-0.39, 0.29) is 24.3 Å². The second-order valence-corrected chi connectivity index (χ2v) is 16.4. The molecule has 0 heterocycles. The van der Waals surface area contributed by atoms with Crippen molar-refractivity contribution in [1.29, 1.82) is 0 Å². The highest BCUT2D eigenvalue weighted by molar-refractivity contribution is 7.99. The van der Waals surface area contributed by atoms with Gasteiger partial charge in [0, 0.05) is 34.1 Å². The molecule has 0 aliphatic rings. The normalized spacial score (nSPS) is 10.5. The van der Waals surface area contributed by atoms with E-state index in [1.54, 1.807) is 11.8 Å². The van der Waals surface area contributed by atoms with Crippen LogP contribution in [0.3, 0.4) is 0 Å². The summed E-state index contributed by atoms with van der Waals surface area (Å²) in [5.41, 5.74) is 0. The van der Waals surface area contributed by atoms with Gasteiger partial charge in [-0.15, -0.1) is 0 Å². The van der Waals surface area contributed by atoms with Gasteiger partial charge in [0.1, 0.15) is 0 Å².